The second-order valence-electron chi connectivity index (χ2n) is 4.40. The summed E-state index contributed by atoms with van der Waals surface area (Å²) in [6.45, 7) is 7.82. The lowest BCUT2D eigenvalue weighted by Gasteiger charge is -2.35. The zero-order valence-corrected chi connectivity index (χ0v) is 12.1. The molecular weight excluding hydrogens is 230 g/mol. The molecule has 1 atom stereocenters. The maximum Gasteiger partial charge on any atom is 0.238 e. The molecule has 104 valence electrons. The number of amides is 1. The van der Waals surface area contributed by atoms with Gasteiger partial charge in [-0.25, -0.2) is 0 Å². The Labute approximate surface area is 110 Å². The van der Waals surface area contributed by atoms with E-state index in [1.165, 1.54) is 5.57 Å². The average molecular weight is 255 g/mol. The lowest BCUT2D eigenvalue weighted by molar-refractivity contribution is -0.128. The largest absolute Gasteiger partial charge is 0.368 e. The summed E-state index contributed by atoms with van der Waals surface area (Å²) in [5, 5.41) is 5.71. The molecule has 1 unspecified atom stereocenters. The number of methoxy groups -OCH3 is 1. The summed E-state index contributed by atoms with van der Waals surface area (Å²) in [6.07, 6.45) is 5.64. The number of hydrogen-bond donors (Lipinski definition) is 1. The van der Waals surface area contributed by atoms with Crippen LogP contribution in [0.25, 0.3) is 0 Å². The Morgan fingerprint density at radius 2 is 2.17 bits per heavy atom. The third kappa shape index (κ3) is 5.31. The smallest absolute Gasteiger partial charge is 0.238 e. The van der Waals surface area contributed by atoms with Gasteiger partial charge in [0.05, 0.1) is 0 Å². The van der Waals surface area contributed by atoms with Gasteiger partial charge in [0.1, 0.15) is 6.54 Å². The van der Waals surface area contributed by atoms with Gasteiger partial charge in [-0.2, -0.15) is 5.10 Å². The first kappa shape index (κ1) is 16.6. The summed E-state index contributed by atoms with van der Waals surface area (Å²) >= 11 is 0. The van der Waals surface area contributed by atoms with E-state index in [-0.39, 0.29) is 6.54 Å². The summed E-state index contributed by atoms with van der Waals surface area (Å²) in [5.41, 5.74) is 5.67. The zero-order valence-electron chi connectivity index (χ0n) is 12.1. The van der Waals surface area contributed by atoms with Crippen LogP contribution in [0, 0.1) is 0 Å². The molecule has 1 amide bonds. The first-order valence-electron chi connectivity index (χ1n) is 6.17. The third-order valence-electron chi connectivity index (χ3n) is 2.64. The highest BCUT2D eigenvalue weighted by Crippen LogP contribution is 2.21. The van der Waals surface area contributed by atoms with Gasteiger partial charge in [-0.15, -0.1) is 0 Å². The number of nitrogens with zero attached hydrogens (tertiary/aromatic N) is 2. The molecule has 0 rings (SSSR count). The minimum Gasteiger partial charge on any atom is -0.368 e. The molecule has 0 fully saturated rings. The topological polar surface area (TPSA) is 67.9 Å². The molecule has 0 aliphatic carbocycles. The van der Waals surface area contributed by atoms with Crippen LogP contribution in [0.3, 0.4) is 0 Å². The molecule has 0 bridgehead atoms. The summed E-state index contributed by atoms with van der Waals surface area (Å²) in [4.78, 5) is 11.1. The predicted octanol–water partition coefficient (Wildman–Crippen LogP) is 1.89. The number of carbonyl (C=O) groups excluding carboxylic acids is 1. The number of hydrogen-bond acceptors (Lipinski definition) is 4. The molecule has 0 radical (unpaired) electrons. The molecule has 0 heterocycles. The van der Waals surface area contributed by atoms with Crippen LogP contribution < -0.4 is 5.73 Å². The minimum absolute atomic E-state index is 0.0184. The van der Waals surface area contributed by atoms with Gasteiger partial charge in [-0.05, 0) is 33.3 Å². The Balaban J connectivity index is 5.17. The van der Waals surface area contributed by atoms with E-state index in [4.69, 9.17) is 10.5 Å². The molecule has 2 N–H and O–H groups in total. The lowest BCUT2D eigenvalue weighted by atomic mass is 10.1. The number of ether oxygens (including phenoxy) is 1. The summed E-state index contributed by atoms with van der Waals surface area (Å²) in [6, 6.07) is 0. The molecule has 0 aromatic rings. The molecule has 18 heavy (non-hydrogen) atoms. The van der Waals surface area contributed by atoms with Crippen molar-refractivity contribution in [3.05, 3.63) is 11.6 Å². The minimum atomic E-state index is -0.763. The van der Waals surface area contributed by atoms with Gasteiger partial charge in [0.25, 0.3) is 0 Å². The van der Waals surface area contributed by atoms with E-state index >= 15 is 0 Å². The summed E-state index contributed by atoms with van der Waals surface area (Å²) < 4.78 is 5.50. The van der Waals surface area contributed by atoms with Crippen LogP contribution >= 0.6 is 0 Å². The molecule has 0 saturated heterocycles. The Morgan fingerprint density at radius 3 is 2.56 bits per heavy atom. The normalized spacial score (nSPS) is 15.7. The Hall–Kier alpha value is -1.36. The van der Waals surface area contributed by atoms with Gasteiger partial charge < -0.3 is 10.5 Å². The summed E-state index contributed by atoms with van der Waals surface area (Å²) in [7, 11) is 1.59. The van der Waals surface area contributed by atoms with E-state index in [0.29, 0.717) is 0 Å². The van der Waals surface area contributed by atoms with Gasteiger partial charge in [0.2, 0.25) is 5.91 Å². The van der Waals surface area contributed by atoms with E-state index in [0.717, 1.165) is 12.8 Å². The van der Waals surface area contributed by atoms with Crippen LogP contribution in [-0.4, -0.2) is 36.5 Å². The number of carbonyl (C=O) groups is 1. The van der Waals surface area contributed by atoms with Gasteiger partial charge in [0.15, 0.2) is 5.72 Å². The quantitative estimate of drug-likeness (QED) is 0.312. The number of nitrogens with two attached hydrogens (primary N) is 1. The monoisotopic (exact) mass is 255 g/mol. The maximum absolute atomic E-state index is 11.1. The van der Waals surface area contributed by atoms with E-state index < -0.39 is 11.6 Å². The van der Waals surface area contributed by atoms with E-state index in [1.54, 1.807) is 25.3 Å². The first-order chi connectivity index (χ1) is 8.39. The molecule has 0 aliphatic rings. The van der Waals surface area contributed by atoms with Crippen molar-refractivity contribution in [2.75, 3.05) is 13.7 Å². The molecule has 0 spiro atoms. The molecule has 0 aromatic heterocycles. The number of hydrazone groups is 1. The van der Waals surface area contributed by atoms with Crippen LogP contribution in [0.1, 0.15) is 40.5 Å². The van der Waals surface area contributed by atoms with Crippen LogP contribution in [0.4, 0.5) is 0 Å². The lowest BCUT2D eigenvalue weighted by Crippen LogP contribution is -2.47. The van der Waals surface area contributed by atoms with Crippen molar-refractivity contribution in [1.82, 2.24) is 5.01 Å². The van der Waals surface area contributed by atoms with Gasteiger partial charge in [-0.3, -0.25) is 9.80 Å². The molecular formula is C13H25N3O2. The van der Waals surface area contributed by atoms with Crippen molar-refractivity contribution in [3.8, 4) is 0 Å². The fourth-order valence-electron chi connectivity index (χ4n) is 1.76. The second-order valence-corrected chi connectivity index (χ2v) is 4.40. The maximum atomic E-state index is 11.1. The van der Waals surface area contributed by atoms with Crippen LogP contribution in [0.2, 0.25) is 0 Å². The summed E-state index contributed by atoms with van der Waals surface area (Å²) in [5.74, 6) is -0.439. The fourth-order valence-corrected chi connectivity index (χ4v) is 1.76. The Kier molecular flexibility index (Phi) is 7.27. The highest BCUT2D eigenvalue weighted by molar-refractivity contribution is 5.76. The Morgan fingerprint density at radius 1 is 1.56 bits per heavy atom. The van der Waals surface area contributed by atoms with E-state index in [9.17, 15) is 4.79 Å². The van der Waals surface area contributed by atoms with Gasteiger partial charge in [0, 0.05) is 13.3 Å². The second kappa shape index (κ2) is 7.87. The SMILES string of the molecule is C/C=N\N(CC(N)=O)C(C)(/C=C(\C)CCC)OC. The third-order valence-corrected chi connectivity index (χ3v) is 2.64. The van der Waals surface area contributed by atoms with E-state index in [2.05, 4.69) is 12.0 Å². The average Bonchev–Trinajstić information content (AvgIpc) is 2.28. The zero-order chi connectivity index (χ0) is 14.2. The number of allylic oxidation sites excluding steroid dienone is 1. The standard InChI is InChI=1S/C13H25N3O2/c1-6-8-11(3)9-13(4,18-5)16(15-7-2)10-12(14)17/h7,9H,6,8,10H2,1-5H3,(H2,14,17)/b11-9+,15-7-. The van der Waals surface area contributed by atoms with Crippen LogP contribution in [0.15, 0.2) is 16.8 Å². The fraction of sp³-hybridized carbons (Fsp3) is 0.692. The van der Waals surface area contributed by atoms with Gasteiger partial charge in [-0.1, -0.05) is 18.9 Å². The Bertz CT molecular complexity index is 326. The van der Waals surface area contributed by atoms with Crippen molar-refractivity contribution in [1.29, 1.82) is 0 Å². The van der Waals surface area contributed by atoms with Crippen molar-refractivity contribution in [2.24, 2.45) is 10.8 Å². The van der Waals surface area contributed by atoms with Crippen LogP contribution in [-0.2, 0) is 9.53 Å². The van der Waals surface area contributed by atoms with E-state index in [1.807, 2.05) is 19.9 Å². The molecule has 5 heteroatoms. The highest BCUT2D eigenvalue weighted by Gasteiger charge is 2.29. The van der Waals surface area contributed by atoms with Crippen molar-refractivity contribution in [2.45, 2.75) is 46.3 Å². The van der Waals surface area contributed by atoms with Crippen LogP contribution in [0.5, 0.6) is 0 Å². The van der Waals surface area contributed by atoms with Gasteiger partial charge >= 0.3 is 0 Å². The molecule has 0 aromatic carbocycles. The molecule has 5 nitrogen and oxygen atoms in total. The van der Waals surface area contributed by atoms with Crippen molar-refractivity contribution >= 4 is 12.1 Å². The first-order valence-corrected chi connectivity index (χ1v) is 6.17. The molecule has 0 saturated carbocycles. The predicted molar refractivity (Wildman–Crippen MR) is 74.1 cm³/mol. The van der Waals surface area contributed by atoms with Crippen molar-refractivity contribution < 1.29 is 9.53 Å². The number of rotatable bonds is 8. The van der Waals surface area contributed by atoms with Crippen molar-refractivity contribution in [3.63, 3.8) is 0 Å². The highest BCUT2D eigenvalue weighted by atomic mass is 16.5. The number of primary amides is 1. The molecule has 0 aliphatic heterocycles.